The lowest BCUT2D eigenvalue weighted by atomic mass is 10.2. The molecule has 0 bridgehead atoms. The van der Waals surface area contributed by atoms with E-state index in [1.54, 1.807) is 13.0 Å². The Morgan fingerprint density at radius 2 is 2.50 bits per heavy atom. The molecule has 0 saturated carbocycles. The third-order valence-electron chi connectivity index (χ3n) is 1.57. The molecule has 58 valence electrons. The molecule has 2 heteroatoms. The largest absolute Gasteiger partial charge is 0.389 e. The third-order valence-corrected chi connectivity index (χ3v) is 1.57. The summed E-state index contributed by atoms with van der Waals surface area (Å²) in [4.78, 5) is 0. The Bertz CT molecular complexity index is 112. The highest BCUT2D eigenvalue weighted by Gasteiger charge is 2.11. The molecule has 2 unspecified atom stereocenters. The summed E-state index contributed by atoms with van der Waals surface area (Å²) in [6.45, 7) is 2.61. The highest BCUT2D eigenvalue weighted by molar-refractivity contribution is 4.94. The normalized spacial score (nSPS) is 29.6. The van der Waals surface area contributed by atoms with Gasteiger partial charge in [0, 0.05) is 6.61 Å². The van der Waals surface area contributed by atoms with Crippen molar-refractivity contribution in [2.45, 2.75) is 32.0 Å². The van der Waals surface area contributed by atoms with Gasteiger partial charge in [-0.1, -0.05) is 12.2 Å². The van der Waals surface area contributed by atoms with Crippen molar-refractivity contribution >= 4 is 0 Å². The average Bonchev–Trinajstić information content (AvgIpc) is 2.34. The van der Waals surface area contributed by atoms with E-state index in [2.05, 4.69) is 0 Å². The Kier molecular flexibility index (Phi) is 2.90. The van der Waals surface area contributed by atoms with Gasteiger partial charge in [0.1, 0.15) is 0 Å². The molecule has 1 aliphatic rings. The Labute approximate surface area is 61.5 Å². The van der Waals surface area contributed by atoms with E-state index in [1.165, 1.54) is 0 Å². The predicted octanol–water partition coefficient (Wildman–Crippen LogP) is 1.10. The number of hydrogen-bond donors (Lipinski definition) is 1. The van der Waals surface area contributed by atoms with Crippen LogP contribution >= 0.6 is 0 Å². The standard InChI is InChI=1S/C8H14O2/c1-7(9)4-5-8-3-2-6-10-8/h4-5,7-9H,2-3,6H2,1H3/b5-4+. The molecule has 2 atom stereocenters. The van der Waals surface area contributed by atoms with Crippen LogP contribution in [-0.4, -0.2) is 23.9 Å². The van der Waals surface area contributed by atoms with Gasteiger partial charge in [-0.05, 0) is 19.8 Å². The summed E-state index contributed by atoms with van der Waals surface area (Å²) in [5.41, 5.74) is 0. The van der Waals surface area contributed by atoms with Gasteiger partial charge in [-0.2, -0.15) is 0 Å². The molecule has 0 amide bonds. The van der Waals surface area contributed by atoms with Gasteiger partial charge >= 0.3 is 0 Å². The second-order valence-electron chi connectivity index (χ2n) is 2.68. The van der Waals surface area contributed by atoms with Crippen molar-refractivity contribution in [3.63, 3.8) is 0 Å². The lowest BCUT2D eigenvalue weighted by Gasteiger charge is -2.01. The topological polar surface area (TPSA) is 29.5 Å². The molecule has 0 aromatic rings. The maximum absolute atomic E-state index is 8.87. The first-order valence-electron chi connectivity index (χ1n) is 3.77. The molecule has 2 nitrogen and oxygen atoms in total. The predicted molar refractivity (Wildman–Crippen MR) is 39.8 cm³/mol. The van der Waals surface area contributed by atoms with Crippen LogP contribution in [0.3, 0.4) is 0 Å². The van der Waals surface area contributed by atoms with Gasteiger partial charge < -0.3 is 9.84 Å². The summed E-state index contributed by atoms with van der Waals surface area (Å²) < 4.78 is 5.31. The van der Waals surface area contributed by atoms with Crippen LogP contribution in [0.1, 0.15) is 19.8 Å². The minimum absolute atomic E-state index is 0.259. The van der Waals surface area contributed by atoms with Gasteiger partial charge in [0.25, 0.3) is 0 Å². The lowest BCUT2D eigenvalue weighted by molar-refractivity contribution is 0.144. The zero-order valence-electron chi connectivity index (χ0n) is 6.29. The molecule has 10 heavy (non-hydrogen) atoms. The van der Waals surface area contributed by atoms with Gasteiger partial charge in [0.05, 0.1) is 12.2 Å². The SMILES string of the molecule is CC(O)/C=C/C1CCCO1. The zero-order chi connectivity index (χ0) is 7.40. The van der Waals surface area contributed by atoms with E-state index in [4.69, 9.17) is 9.84 Å². The molecule has 1 saturated heterocycles. The smallest absolute Gasteiger partial charge is 0.0757 e. The van der Waals surface area contributed by atoms with E-state index < -0.39 is 0 Å². The maximum Gasteiger partial charge on any atom is 0.0757 e. The molecule has 0 aromatic heterocycles. The molecule has 1 rings (SSSR count). The summed E-state index contributed by atoms with van der Waals surface area (Å²) in [5, 5.41) is 8.87. The monoisotopic (exact) mass is 142 g/mol. The van der Waals surface area contributed by atoms with Crippen LogP contribution in [0.25, 0.3) is 0 Å². The van der Waals surface area contributed by atoms with E-state index in [-0.39, 0.29) is 12.2 Å². The van der Waals surface area contributed by atoms with Crippen molar-refractivity contribution in [1.29, 1.82) is 0 Å². The van der Waals surface area contributed by atoms with Crippen LogP contribution in [0, 0.1) is 0 Å². The maximum atomic E-state index is 8.87. The van der Waals surface area contributed by atoms with Crippen LogP contribution in [0.4, 0.5) is 0 Å². The zero-order valence-corrected chi connectivity index (χ0v) is 6.29. The summed E-state index contributed by atoms with van der Waals surface area (Å²) in [5.74, 6) is 0. The minimum Gasteiger partial charge on any atom is -0.389 e. The quantitative estimate of drug-likeness (QED) is 0.585. The summed E-state index contributed by atoms with van der Waals surface area (Å²) in [6.07, 6.45) is 5.88. The van der Waals surface area contributed by atoms with Crippen LogP contribution < -0.4 is 0 Å². The van der Waals surface area contributed by atoms with E-state index in [9.17, 15) is 0 Å². The fourth-order valence-corrected chi connectivity index (χ4v) is 1.04. The van der Waals surface area contributed by atoms with Crippen LogP contribution in [0.5, 0.6) is 0 Å². The Hall–Kier alpha value is -0.340. The number of hydrogen-bond acceptors (Lipinski definition) is 2. The fourth-order valence-electron chi connectivity index (χ4n) is 1.04. The van der Waals surface area contributed by atoms with Crippen LogP contribution in [-0.2, 0) is 4.74 Å². The summed E-state index contributed by atoms with van der Waals surface area (Å²) in [7, 11) is 0. The number of ether oxygens (including phenoxy) is 1. The lowest BCUT2D eigenvalue weighted by Crippen LogP contribution is -2.01. The van der Waals surface area contributed by atoms with E-state index in [0.29, 0.717) is 0 Å². The number of aliphatic hydroxyl groups excluding tert-OH is 1. The van der Waals surface area contributed by atoms with Crippen molar-refractivity contribution in [3.8, 4) is 0 Å². The molecule has 0 spiro atoms. The van der Waals surface area contributed by atoms with E-state index in [0.717, 1.165) is 19.4 Å². The Morgan fingerprint density at radius 1 is 1.70 bits per heavy atom. The highest BCUT2D eigenvalue weighted by atomic mass is 16.5. The molecule has 1 N–H and O–H groups in total. The van der Waals surface area contributed by atoms with Crippen molar-refractivity contribution in [2.24, 2.45) is 0 Å². The first kappa shape index (κ1) is 7.76. The Morgan fingerprint density at radius 3 is 3.00 bits per heavy atom. The first-order chi connectivity index (χ1) is 4.79. The van der Waals surface area contributed by atoms with Crippen molar-refractivity contribution in [1.82, 2.24) is 0 Å². The third kappa shape index (κ3) is 2.50. The van der Waals surface area contributed by atoms with Crippen molar-refractivity contribution in [3.05, 3.63) is 12.2 Å². The highest BCUT2D eigenvalue weighted by Crippen LogP contribution is 2.12. The first-order valence-corrected chi connectivity index (χ1v) is 3.77. The Balaban J connectivity index is 2.23. The molecular weight excluding hydrogens is 128 g/mol. The van der Waals surface area contributed by atoms with Gasteiger partial charge in [-0.15, -0.1) is 0 Å². The van der Waals surface area contributed by atoms with Crippen LogP contribution in [0.2, 0.25) is 0 Å². The number of rotatable bonds is 2. The number of aliphatic hydroxyl groups is 1. The molecule has 1 fully saturated rings. The second kappa shape index (κ2) is 3.74. The van der Waals surface area contributed by atoms with Gasteiger partial charge in [-0.3, -0.25) is 0 Å². The molecule has 0 radical (unpaired) electrons. The van der Waals surface area contributed by atoms with E-state index >= 15 is 0 Å². The molecular formula is C8H14O2. The van der Waals surface area contributed by atoms with E-state index in [1.807, 2.05) is 6.08 Å². The second-order valence-corrected chi connectivity index (χ2v) is 2.68. The van der Waals surface area contributed by atoms with Crippen molar-refractivity contribution < 1.29 is 9.84 Å². The van der Waals surface area contributed by atoms with Crippen molar-refractivity contribution in [2.75, 3.05) is 6.61 Å². The van der Waals surface area contributed by atoms with Gasteiger partial charge in [-0.25, -0.2) is 0 Å². The summed E-state index contributed by atoms with van der Waals surface area (Å²) >= 11 is 0. The molecule has 0 aliphatic carbocycles. The molecule has 0 aromatic carbocycles. The van der Waals surface area contributed by atoms with Gasteiger partial charge in [0.15, 0.2) is 0 Å². The van der Waals surface area contributed by atoms with Crippen LogP contribution in [0.15, 0.2) is 12.2 Å². The molecule has 1 heterocycles. The fraction of sp³-hybridized carbons (Fsp3) is 0.750. The minimum atomic E-state index is -0.343. The van der Waals surface area contributed by atoms with Gasteiger partial charge in [0.2, 0.25) is 0 Å². The summed E-state index contributed by atoms with van der Waals surface area (Å²) in [6, 6.07) is 0. The molecule has 1 aliphatic heterocycles. The average molecular weight is 142 g/mol.